The van der Waals surface area contributed by atoms with Crippen molar-refractivity contribution in [3.63, 3.8) is 0 Å². The van der Waals surface area contributed by atoms with Gasteiger partial charge in [-0.05, 0) is 18.8 Å². The van der Waals surface area contributed by atoms with Gasteiger partial charge in [0.1, 0.15) is 12.6 Å². The molecule has 0 rings (SSSR count). The Labute approximate surface area is 103 Å². The first-order valence-electron chi connectivity index (χ1n) is 6.07. The maximum Gasteiger partial charge on any atom is 0.326 e. The normalized spacial score (nSPS) is 12.5. The van der Waals surface area contributed by atoms with Crippen molar-refractivity contribution in [3.05, 3.63) is 0 Å². The number of aliphatic carboxylic acids is 1. The van der Waals surface area contributed by atoms with Gasteiger partial charge in [-0.2, -0.15) is 0 Å². The summed E-state index contributed by atoms with van der Waals surface area (Å²) >= 11 is 0. The fourth-order valence-corrected chi connectivity index (χ4v) is 1.34. The molecule has 0 spiro atoms. The van der Waals surface area contributed by atoms with Gasteiger partial charge in [0.25, 0.3) is 0 Å². The lowest BCUT2D eigenvalue weighted by Crippen LogP contribution is -2.43. The van der Waals surface area contributed by atoms with Gasteiger partial charge in [-0.1, -0.05) is 27.2 Å². The van der Waals surface area contributed by atoms with E-state index in [1.807, 2.05) is 20.8 Å². The van der Waals surface area contributed by atoms with E-state index in [4.69, 9.17) is 9.84 Å². The summed E-state index contributed by atoms with van der Waals surface area (Å²) in [5.41, 5.74) is 0. The van der Waals surface area contributed by atoms with Gasteiger partial charge in [0.2, 0.25) is 5.91 Å². The van der Waals surface area contributed by atoms with Crippen molar-refractivity contribution in [3.8, 4) is 0 Å². The van der Waals surface area contributed by atoms with Crippen molar-refractivity contribution in [1.82, 2.24) is 5.32 Å². The van der Waals surface area contributed by atoms with Crippen LogP contribution in [0.5, 0.6) is 0 Å². The topological polar surface area (TPSA) is 75.6 Å². The number of nitrogens with one attached hydrogen (secondary N) is 1. The maximum absolute atomic E-state index is 11.4. The summed E-state index contributed by atoms with van der Waals surface area (Å²) in [5.74, 6) is -1.15. The first-order valence-corrected chi connectivity index (χ1v) is 6.07. The van der Waals surface area contributed by atoms with Crippen LogP contribution >= 0.6 is 0 Å². The highest BCUT2D eigenvalue weighted by molar-refractivity contribution is 5.84. The number of carbonyl (C=O) groups excluding carboxylic acids is 1. The van der Waals surface area contributed by atoms with Crippen LogP contribution in [0.1, 0.15) is 40.0 Å². The first kappa shape index (κ1) is 15.9. The SMILES string of the molecule is CCCCOCC(=O)N[C@@H](CC(C)C)C(=O)O. The summed E-state index contributed by atoms with van der Waals surface area (Å²) in [6.45, 7) is 6.33. The Bertz CT molecular complexity index is 241. The van der Waals surface area contributed by atoms with Gasteiger partial charge in [0.05, 0.1) is 0 Å². The Kier molecular flexibility index (Phi) is 8.40. The number of carbonyl (C=O) groups is 2. The summed E-state index contributed by atoms with van der Waals surface area (Å²) in [5, 5.41) is 11.4. The zero-order valence-corrected chi connectivity index (χ0v) is 10.9. The van der Waals surface area contributed by atoms with Gasteiger partial charge in [0, 0.05) is 6.61 Å². The predicted octanol–water partition coefficient (Wildman–Crippen LogP) is 1.42. The quantitative estimate of drug-likeness (QED) is 0.602. The van der Waals surface area contributed by atoms with E-state index in [0.29, 0.717) is 13.0 Å². The fraction of sp³-hybridized carbons (Fsp3) is 0.833. The minimum Gasteiger partial charge on any atom is -0.480 e. The highest BCUT2D eigenvalue weighted by Crippen LogP contribution is 2.04. The van der Waals surface area contributed by atoms with E-state index in [1.54, 1.807) is 0 Å². The van der Waals surface area contributed by atoms with Crippen LogP contribution in [-0.4, -0.2) is 36.2 Å². The standard InChI is InChI=1S/C12H23NO4/c1-4-5-6-17-8-11(14)13-10(12(15)16)7-9(2)3/h9-10H,4-8H2,1-3H3,(H,13,14)(H,15,16)/t10-/m0/s1. The van der Waals surface area contributed by atoms with Crippen molar-refractivity contribution in [1.29, 1.82) is 0 Å². The number of hydrogen-bond acceptors (Lipinski definition) is 3. The number of carboxylic acid groups (broad SMARTS) is 1. The molecule has 5 nitrogen and oxygen atoms in total. The molecular weight excluding hydrogens is 222 g/mol. The molecule has 0 saturated carbocycles. The van der Waals surface area contributed by atoms with Crippen LogP contribution in [0.15, 0.2) is 0 Å². The number of unbranched alkanes of at least 4 members (excludes halogenated alkanes) is 1. The van der Waals surface area contributed by atoms with E-state index in [9.17, 15) is 9.59 Å². The molecule has 0 aromatic carbocycles. The number of amides is 1. The highest BCUT2D eigenvalue weighted by atomic mass is 16.5. The minimum absolute atomic E-state index is 0.0676. The minimum atomic E-state index is -0.999. The van der Waals surface area contributed by atoms with Gasteiger partial charge in [-0.25, -0.2) is 4.79 Å². The number of hydrogen-bond donors (Lipinski definition) is 2. The zero-order valence-electron chi connectivity index (χ0n) is 10.9. The summed E-state index contributed by atoms with van der Waals surface area (Å²) in [4.78, 5) is 22.3. The third-order valence-electron chi connectivity index (χ3n) is 2.22. The van der Waals surface area contributed by atoms with Crippen LogP contribution in [0.3, 0.4) is 0 Å². The molecule has 0 saturated heterocycles. The van der Waals surface area contributed by atoms with Gasteiger partial charge >= 0.3 is 5.97 Å². The van der Waals surface area contributed by atoms with Crippen LogP contribution in [0.4, 0.5) is 0 Å². The van der Waals surface area contributed by atoms with Crippen LogP contribution in [0.25, 0.3) is 0 Å². The molecule has 0 aliphatic carbocycles. The molecule has 0 bridgehead atoms. The lowest BCUT2D eigenvalue weighted by molar-refractivity contribution is -0.143. The van der Waals surface area contributed by atoms with Crippen molar-refractivity contribution >= 4 is 11.9 Å². The van der Waals surface area contributed by atoms with E-state index in [2.05, 4.69) is 5.32 Å². The smallest absolute Gasteiger partial charge is 0.326 e. The molecular formula is C12H23NO4. The number of carboxylic acids is 1. The third kappa shape index (κ3) is 8.68. The lowest BCUT2D eigenvalue weighted by atomic mass is 10.0. The maximum atomic E-state index is 11.4. The second-order valence-corrected chi connectivity index (χ2v) is 4.49. The van der Waals surface area contributed by atoms with E-state index in [0.717, 1.165) is 12.8 Å². The molecule has 17 heavy (non-hydrogen) atoms. The molecule has 0 fully saturated rings. The molecule has 0 aromatic rings. The lowest BCUT2D eigenvalue weighted by Gasteiger charge is -2.16. The molecule has 100 valence electrons. The van der Waals surface area contributed by atoms with E-state index in [-0.39, 0.29) is 18.4 Å². The van der Waals surface area contributed by atoms with Crippen LogP contribution < -0.4 is 5.32 Å². The Morgan fingerprint density at radius 1 is 1.35 bits per heavy atom. The van der Waals surface area contributed by atoms with Gasteiger partial charge in [0.15, 0.2) is 0 Å². The average molecular weight is 245 g/mol. The summed E-state index contributed by atoms with van der Waals surface area (Å²) in [7, 11) is 0. The monoisotopic (exact) mass is 245 g/mol. The van der Waals surface area contributed by atoms with Gasteiger partial charge in [-0.15, -0.1) is 0 Å². The summed E-state index contributed by atoms with van der Waals surface area (Å²) < 4.78 is 5.12. The second kappa shape index (κ2) is 8.98. The predicted molar refractivity (Wildman–Crippen MR) is 64.7 cm³/mol. The summed E-state index contributed by atoms with van der Waals surface area (Å²) in [6, 6.07) is -0.822. The Morgan fingerprint density at radius 3 is 2.47 bits per heavy atom. The number of rotatable bonds is 9. The second-order valence-electron chi connectivity index (χ2n) is 4.49. The van der Waals surface area contributed by atoms with Gasteiger partial charge in [-0.3, -0.25) is 4.79 Å². The molecule has 5 heteroatoms. The van der Waals surface area contributed by atoms with Crippen LogP contribution in [-0.2, 0) is 14.3 Å². The molecule has 0 unspecified atom stereocenters. The van der Waals surface area contributed by atoms with E-state index < -0.39 is 12.0 Å². The van der Waals surface area contributed by atoms with Gasteiger partial charge < -0.3 is 15.2 Å². The van der Waals surface area contributed by atoms with Crippen molar-refractivity contribution in [2.45, 2.75) is 46.1 Å². The Balaban J connectivity index is 3.91. The largest absolute Gasteiger partial charge is 0.480 e. The molecule has 2 N–H and O–H groups in total. The first-order chi connectivity index (χ1) is 7.97. The average Bonchev–Trinajstić information content (AvgIpc) is 2.22. The molecule has 0 radical (unpaired) electrons. The molecule has 0 heterocycles. The fourth-order valence-electron chi connectivity index (χ4n) is 1.34. The van der Waals surface area contributed by atoms with Crippen LogP contribution in [0, 0.1) is 5.92 Å². The Morgan fingerprint density at radius 2 is 2.00 bits per heavy atom. The molecule has 1 atom stereocenters. The highest BCUT2D eigenvalue weighted by Gasteiger charge is 2.20. The Hall–Kier alpha value is -1.10. The van der Waals surface area contributed by atoms with Crippen molar-refractivity contribution in [2.24, 2.45) is 5.92 Å². The third-order valence-corrected chi connectivity index (χ3v) is 2.22. The van der Waals surface area contributed by atoms with E-state index >= 15 is 0 Å². The molecule has 0 aliphatic rings. The van der Waals surface area contributed by atoms with E-state index in [1.165, 1.54) is 0 Å². The van der Waals surface area contributed by atoms with Crippen molar-refractivity contribution < 1.29 is 19.4 Å². The molecule has 0 aliphatic heterocycles. The van der Waals surface area contributed by atoms with Crippen LogP contribution in [0.2, 0.25) is 0 Å². The zero-order chi connectivity index (χ0) is 13.3. The molecule has 0 aromatic heterocycles. The van der Waals surface area contributed by atoms with Crippen molar-refractivity contribution in [2.75, 3.05) is 13.2 Å². The molecule has 1 amide bonds. The summed E-state index contributed by atoms with van der Waals surface area (Å²) in [6.07, 6.45) is 2.34. The number of ether oxygens (including phenoxy) is 1.